The Hall–Kier alpha value is -1.59. The summed E-state index contributed by atoms with van der Waals surface area (Å²) in [4.78, 5) is 4.15. The summed E-state index contributed by atoms with van der Waals surface area (Å²) in [6.07, 6.45) is 3.90. The minimum atomic E-state index is -1.01. The Kier molecular flexibility index (Phi) is 8.13. The van der Waals surface area contributed by atoms with Gasteiger partial charge in [-0.3, -0.25) is 4.99 Å². The van der Waals surface area contributed by atoms with E-state index >= 15 is 0 Å². The molecule has 1 aromatic carbocycles. The third-order valence-electron chi connectivity index (χ3n) is 3.40. The highest BCUT2D eigenvalue weighted by atomic mass is 16.3. The molecule has 2 radical (unpaired) electrons. The maximum Gasteiger partial charge on any atom is 0.117 e. The van der Waals surface area contributed by atoms with E-state index < -0.39 is 11.2 Å². The van der Waals surface area contributed by atoms with Gasteiger partial charge in [0.2, 0.25) is 0 Å². The molecule has 1 rings (SSSR count). The Morgan fingerprint density at radius 2 is 1.59 bits per heavy atom. The molecule has 120 valence electrons. The van der Waals surface area contributed by atoms with Crippen molar-refractivity contribution in [3.63, 3.8) is 0 Å². The molecule has 0 heterocycles. The third kappa shape index (κ3) is 8.00. The van der Waals surface area contributed by atoms with Crippen molar-refractivity contribution in [1.29, 1.82) is 0 Å². The minimum Gasteiger partial charge on any atom is -0.405 e. The molecule has 0 fully saturated rings. The quantitative estimate of drug-likeness (QED) is 0.590. The van der Waals surface area contributed by atoms with E-state index in [-0.39, 0.29) is 0 Å². The molecular weight excluding hydrogens is 275 g/mol. The first-order chi connectivity index (χ1) is 10.0. The predicted octanol–water partition coefficient (Wildman–Crippen LogP) is 2.45. The van der Waals surface area contributed by atoms with Gasteiger partial charge < -0.3 is 15.9 Å². The molecule has 0 atom stereocenters. The SMILES string of the molecule is CC(C)(O)C(C)(C)O.[B]/C(C=Nc1ccc(CC)cc1)=C/N. The Labute approximate surface area is 135 Å². The zero-order valence-electron chi connectivity index (χ0n) is 14.2. The number of allylic oxidation sites excluding steroid dienone is 1. The van der Waals surface area contributed by atoms with Crippen LogP contribution in [0, 0.1) is 0 Å². The summed E-state index contributed by atoms with van der Waals surface area (Å²) in [6.45, 7) is 8.42. The van der Waals surface area contributed by atoms with Crippen LogP contribution in [0.2, 0.25) is 0 Å². The normalized spacial score (nSPS) is 13.0. The Bertz CT molecular complexity index is 483. The van der Waals surface area contributed by atoms with Crippen LogP contribution in [-0.2, 0) is 6.42 Å². The van der Waals surface area contributed by atoms with Crippen molar-refractivity contribution in [3.8, 4) is 0 Å². The average molecular weight is 302 g/mol. The fraction of sp³-hybridized carbons (Fsp3) is 0.471. The standard InChI is InChI=1S/C11H13BN2.C6H14O2/c1-2-9-3-5-11(6-4-9)14-8-10(12)7-13;1-5(2,7)6(3,4)8/h3-8H,2,13H2,1H3;7-8H,1-4H3/b10-7+,14-8?;. The second-order valence-electron chi connectivity index (χ2n) is 6.06. The molecule has 0 spiro atoms. The summed E-state index contributed by atoms with van der Waals surface area (Å²) in [7, 11) is 5.46. The van der Waals surface area contributed by atoms with E-state index in [1.54, 1.807) is 33.9 Å². The van der Waals surface area contributed by atoms with Crippen LogP contribution in [-0.4, -0.2) is 35.5 Å². The van der Waals surface area contributed by atoms with Crippen molar-refractivity contribution >= 4 is 19.7 Å². The second kappa shape index (κ2) is 8.76. The van der Waals surface area contributed by atoms with Crippen molar-refractivity contribution in [3.05, 3.63) is 41.5 Å². The minimum absolute atomic E-state index is 0.463. The molecule has 4 N–H and O–H groups in total. The smallest absolute Gasteiger partial charge is 0.117 e. The van der Waals surface area contributed by atoms with Gasteiger partial charge in [-0.05, 0) is 58.0 Å². The summed E-state index contributed by atoms with van der Waals surface area (Å²) >= 11 is 0. The van der Waals surface area contributed by atoms with Crippen LogP contribution in [0.1, 0.15) is 40.2 Å². The molecule has 1 aromatic rings. The molecule has 0 amide bonds. The summed E-state index contributed by atoms with van der Waals surface area (Å²) in [6, 6.07) is 8.02. The maximum absolute atomic E-state index is 9.10. The van der Waals surface area contributed by atoms with Crippen molar-refractivity contribution < 1.29 is 10.2 Å². The number of aryl methyl sites for hydroxylation is 1. The largest absolute Gasteiger partial charge is 0.405 e. The molecule has 0 unspecified atom stereocenters. The van der Waals surface area contributed by atoms with Gasteiger partial charge in [-0.15, -0.1) is 0 Å². The van der Waals surface area contributed by atoms with Gasteiger partial charge in [0, 0.05) is 6.21 Å². The van der Waals surface area contributed by atoms with Crippen LogP contribution < -0.4 is 5.73 Å². The van der Waals surface area contributed by atoms with Gasteiger partial charge in [-0.25, -0.2) is 0 Å². The van der Waals surface area contributed by atoms with Crippen molar-refractivity contribution in [2.45, 2.75) is 52.2 Å². The molecule has 0 saturated heterocycles. The summed E-state index contributed by atoms with van der Waals surface area (Å²) in [5.41, 5.74) is 5.83. The lowest BCUT2D eigenvalue weighted by molar-refractivity contribution is -0.107. The van der Waals surface area contributed by atoms with Crippen LogP contribution >= 0.6 is 0 Å². The van der Waals surface area contributed by atoms with E-state index in [1.807, 2.05) is 12.1 Å². The first-order valence-electron chi connectivity index (χ1n) is 7.26. The fourth-order valence-corrected chi connectivity index (χ4v) is 1.01. The zero-order valence-corrected chi connectivity index (χ0v) is 14.2. The summed E-state index contributed by atoms with van der Waals surface area (Å²) in [5.74, 6) is 0. The van der Waals surface area contributed by atoms with Crippen LogP contribution in [0.15, 0.2) is 40.9 Å². The fourth-order valence-electron chi connectivity index (χ4n) is 1.01. The molecule has 0 saturated carbocycles. The van der Waals surface area contributed by atoms with E-state index in [9.17, 15) is 0 Å². The van der Waals surface area contributed by atoms with Gasteiger partial charge in [-0.2, -0.15) is 0 Å². The molecular formula is C17H27BN2O2. The molecule has 0 aliphatic carbocycles. The molecule has 4 nitrogen and oxygen atoms in total. The number of rotatable bonds is 4. The van der Waals surface area contributed by atoms with E-state index in [0.717, 1.165) is 12.1 Å². The predicted molar refractivity (Wildman–Crippen MR) is 94.6 cm³/mol. The van der Waals surface area contributed by atoms with Crippen LogP contribution in [0.4, 0.5) is 5.69 Å². The van der Waals surface area contributed by atoms with Gasteiger partial charge in [0.15, 0.2) is 0 Å². The average Bonchev–Trinajstić information content (AvgIpc) is 2.43. The number of nitrogens with two attached hydrogens (primary N) is 1. The lowest BCUT2D eigenvalue weighted by atomic mass is 9.90. The maximum atomic E-state index is 9.10. The molecule has 0 aliphatic rings. The lowest BCUT2D eigenvalue weighted by Crippen LogP contribution is -2.44. The summed E-state index contributed by atoms with van der Waals surface area (Å²) < 4.78 is 0. The number of benzene rings is 1. The highest BCUT2D eigenvalue weighted by molar-refractivity contribution is 6.32. The third-order valence-corrected chi connectivity index (χ3v) is 3.40. The van der Waals surface area contributed by atoms with Crippen LogP contribution in [0.5, 0.6) is 0 Å². The number of nitrogens with zero attached hydrogens (tertiary/aromatic N) is 1. The number of aliphatic imine (C=N–C) groups is 1. The zero-order chi connectivity index (χ0) is 17.4. The topological polar surface area (TPSA) is 78.8 Å². The molecule has 0 bridgehead atoms. The Morgan fingerprint density at radius 3 is 1.91 bits per heavy atom. The number of hydrogen-bond acceptors (Lipinski definition) is 4. The molecule has 0 aromatic heterocycles. The van der Waals surface area contributed by atoms with E-state index in [0.29, 0.717) is 5.47 Å². The molecule has 5 heteroatoms. The van der Waals surface area contributed by atoms with Crippen LogP contribution in [0.25, 0.3) is 0 Å². The van der Waals surface area contributed by atoms with Gasteiger partial charge in [0.05, 0.1) is 16.9 Å². The Balaban J connectivity index is 0.000000472. The van der Waals surface area contributed by atoms with Crippen LogP contribution in [0.3, 0.4) is 0 Å². The number of hydrogen-bond donors (Lipinski definition) is 3. The lowest BCUT2D eigenvalue weighted by Gasteiger charge is -2.31. The monoisotopic (exact) mass is 302 g/mol. The first kappa shape index (κ1) is 20.4. The first-order valence-corrected chi connectivity index (χ1v) is 7.26. The number of aliphatic hydroxyl groups is 2. The summed E-state index contributed by atoms with van der Waals surface area (Å²) in [5, 5.41) is 18.2. The van der Waals surface area contributed by atoms with Crippen molar-refractivity contribution in [1.82, 2.24) is 0 Å². The molecule has 22 heavy (non-hydrogen) atoms. The van der Waals surface area contributed by atoms with Gasteiger partial charge in [-0.1, -0.05) is 24.5 Å². The molecule has 0 aliphatic heterocycles. The van der Waals surface area contributed by atoms with E-state index in [2.05, 4.69) is 24.0 Å². The van der Waals surface area contributed by atoms with Gasteiger partial charge in [0.25, 0.3) is 0 Å². The highest BCUT2D eigenvalue weighted by Gasteiger charge is 2.31. The van der Waals surface area contributed by atoms with Gasteiger partial charge >= 0.3 is 0 Å². The van der Waals surface area contributed by atoms with Crippen molar-refractivity contribution in [2.75, 3.05) is 0 Å². The second-order valence-corrected chi connectivity index (χ2v) is 6.06. The van der Waals surface area contributed by atoms with E-state index in [4.69, 9.17) is 23.8 Å². The highest BCUT2D eigenvalue weighted by Crippen LogP contribution is 2.19. The Morgan fingerprint density at radius 1 is 1.14 bits per heavy atom. The van der Waals surface area contributed by atoms with E-state index in [1.165, 1.54) is 11.8 Å². The van der Waals surface area contributed by atoms with Gasteiger partial charge in [0.1, 0.15) is 7.85 Å². The van der Waals surface area contributed by atoms with Crippen molar-refractivity contribution in [2.24, 2.45) is 10.7 Å².